The Kier molecular flexibility index (Phi) is 5.44. The molecular formula is C27H32N2O4. The van der Waals surface area contributed by atoms with E-state index in [1.54, 1.807) is 4.57 Å². The lowest BCUT2D eigenvalue weighted by Gasteiger charge is -2.33. The first-order chi connectivity index (χ1) is 15.8. The summed E-state index contributed by atoms with van der Waals surface area (Å²) in [6, 6.07) is 5.88. The number of likely N-dealkylation sites (tertiary alicyclic amines) is 1. The molecule has 0 N–H and O–H groups in total. The molecule has 0 radical (unpaired) electrons. The minimum atomic E-state index is -0.580. The van der Waals surface area contributed by atoms with Gasteiger partial charge in [0.1, 0.15) is 11.6 Å². The third-order valence-corrected chi connectivity index (χ3v) is 6.98. The van der Waals surface area contributed by atoms with E-state index in [-0.39, 0.29) is 30.1 Å². The minimum absolute atomic E-state index is 0.0476. The highest BCUT2D eigenvalue weighted by Crippen LogP contribution is 2.50. The fraction of sp³-hybridized carbons (Fsp3) is 0.481. The molecule has 1 saturated heterocycles. The van der Waals surface area contributed by atoms with Gasteiger partial charge in [-0.25, -0.2) is 4.79 Å². The molecule has 1 aromatic carbocycles. The summed E-state index contributed by atoms with van der Waals surface area (Å²) in [7, 11) is 1.47. The summed E-state index contributed by atoms with van der Waals surface area (Å²) >= 11 is 0. The van der Waals surface area contributed by atoms with Crippen molar-refractivity contribution in [3.8, 4) is 0 Å². The molecule has 1 aliphatic heterocycles. The summed E-state index contributed by atoms with van der Waals surface area (Å²) in [5, 5.41) is 1.12. The highest BCUT2D eigenvalue weighted by atomic mass is 16.6. The molecule has 1 fully saturated rings. The molecule has 0 spiro atoms. The zero-order chi connectivity index (χ0) is 23.3. The molecule has 0 amide bonds. The van der Waals surface area contributed by atoms with Crippen molar-refractivity contribution in [2.75, 3.05) is 13.7 Å². The lowest BCUT2D eigenvalue weighted by Crippen LogP contribution is -2.39. The number of rotatable bonds is 3. The maximum Gasteiger partial charge on any atom is 0.419 e. The first-order valence-corrected chi connectivity index (χ1v) is 11.8. The molecule has 1 aromatic heterocycles. The molecule has 3 atom stereocenters. The Morgan fingerprint density at radius 2 is 2.00 bits per heavy atom. The number of nitrogens with zero attached hydrogens (tertiary/aromatic N) is 2. The van der Waals surface area contributed by atoms with E-state index in [0.717, 1.165) is 42.1 Å². The number of esters is 1. The summed E-state index contributed by atoms with van der Waals surface area (Å²) in [5.41, 5.74) is 3.86. The van der Waals surface area contributed by atoms with Gasteiger partial charge < -0.3 is 9.47 Å². The van der Waals surface area contributed by atoms with Crippen molar-refractivity contribution >= 4 is 23.0 Å². The van der Waals surface area contributed by atoms with Gasteiger partial charge in [0.05, 0.1) is 12.6 Å². The number of carbonyl (C=O) groups excluding carboxylic acids is 2. The molecule has 6 heteroatoms. The zero-order valence-electron chi connectivity index (χ0n) is 19.8. The average Bonchev–Trinajstić information content (AvgIpc) is 3.33. The van der Waals surface area contributed by atoms with Gasteiger partial charge in [-0.15, -0.1) is 0 Å². The fourth-order valence-corrected chi connectivity index (χ4v) is 5.75. The van der Waals surface area contributed by atoms with Crippen LogP contribution in [0, 0.1) is 5.92 Å². The van der Waals surface area contributed by atoms with Crippen molar-refractivity contribution < 1.29 is 19.1 Å². The Hall–Kier alpha value is -2.86. The van der Waals surface area contributed by atoms with E-state index in [4.69, 9.17) is 9.47 Å². The van der Waals surface area contributed by atoms with Crippen LogP contribution in [0.25, 0.3) is 10.9 Å². The van der Waals surface area contributed by atoms with E-state index in [1.807, 2.05) is 39.1 Å². The minimum Gasteiger partial charge on any atom is -0.468 e. The van der Waals surface area contributed by atoms with Gasteiger partial charge in [-0.3, -0.25) is 14.3 Å². The van der Waals surface area contributed by atoms with E-state index in [9.17, 15) is 9.59 Å². The molecule has 2 aromatic rings. The summed E-state index contributed by atoms with van der Waals surface area (Å²) in [6.45, 7) is 6.32. The molecule has 6 nitrogen and oxygen atoms in total. The molecule has 0 saturated carbocycles. The normalized spacial score (nSPS) is 24.5. The number of aromatic nitrogens is 1. The highest BCUT2D eigenvalue weighted by Gasteiger charge is 2.48. The van der Waals surface area contributed by atoms with Crippen LogP contribution in [-0.4, -0.2) is 46.8 Å². The van der Waals surface area contributed by atoms with Crippen molar-refractivity contribution in [2.24, 2.45) is 5.92 Å². The summed E-state index contributed by atoms with van der Waals surface area (Å²) < 4.78 is 12.6. The predicted octanol–water partition coefficient (Wildman–Crippen LogP) is 5.16. The molecule has 33 heavy (non-hydrogen) atoms. The SMILES string of the molecule is COC(=O)C1CC2Cc3cccc4c3c(cn4C(=O)OC(C)(C)C)C2N1CC1=CCCC=C1. The summed E-state index contributed by atoms with van der Waals surface area (Å²) in [5.74, 6) is 0.103. The monoisotopic (exact) mass is 448 g/mol. The topological polar surface area (TPSA) is 60.8 Å². The van der Waals surface area contributed by atoms with E-state index < -0.39 is 5.60 Å². The quantitative estimate of drug-likeness (QED) is 0.607. The third-order valence-electron chi connectivity index (χ3n) is 6.98. The second kappa shape index (κ2) is 8.17. The number of methoxy groups -OCH3 is 1. The van der Waals surface area contributed by atoms with Crippen molar-refractivity contribution in [1.82, 2.24) is 9.47 Å². The Morgan fingerprint density at radius 1 is 1.18 bits per heavy atom. The van der Waals surface area contributed by atoms with Crippen LogP contribution in [0.15, 0.2) is 48.2 Å². The third kappa shape index (κ3) is 3.90. The van der Waals surface area contributed by atoms with Gasteiger partial charge in [-0.2, -0.15) is 0 Å². The lowest BCUT2D eigenvalue weighted by atomic mass is 9.81. The van der Waals surface area contributed by atoms with E-state index in [2.05, 4.69) is 29.2 Å². The van der Waals surface area contributed by atoms with Crippen LogP contribution in [0.4, 0.5) is 4.79 Å². The number of ether oxygens (including phenoxy) is 2. The fourth-order valence-electron chi connectivity index (χ4n) is 5.75. The van der Waals surface area contributed by atoms with Crippen molar-refractivity contribution in [3.05, 3.63) is 59.3 Å². The van der Waals surface area contributed by atoms with Crippen molar-refractivity contribution in [2.45, 2.75) is 64.1 Å². The van der Waals surface area contributed by atoms with Gasteiger partial charge in [0.25, 0.3) is 0 Å². The highest BCUT2D eigenvalue weighted by molar-refractivity contribution is 5.95. The van der Waals surface area contributed by atoms with Crippen LogP contribution in [0.5, 0.6) is 0 Å². The first kappa shape index (κ1) is 22.0. The molecular weight excluding hydrogens is 416 g/mol. The van der Waals surface area contributed by atoms with Gasteiger partial charge in [0, 0.05) is 24.2 Å². The molecule has 174 valence electrons. The van der Waals surface area contributed by atoms with Crippen LogP contribution in [0.2, 0.25) is 0 Å². The summed E-state index contributed by atoms with van der Waals surface area (Å²) in [4.78, 5) is 28.2. The first-order valence-electron chi connectivity index (χ1n) is 11.8. The second-order valence-corrected chi connectivity index (χ2v) is 10.4. The standard InChI is InChI=1S/C27H32N2O4/c1-27(2,3)33-26(31)29-16-20-23-18(11-8-12-21(23)29)13-19-14-22(25(30)32-4)28(24(19)20)15-17-9-6-5-7-10-17/h6,8-12,16,19,22,24H,5,7,13-15H2,1-4H3. The Morgan fingerprint density at radius 3 is 2.70 bits per heavy atom. The summed E-state index contributed by atoms with van der Waals surface area (Å²) in [6.07, 6.45) is 11.9. The lowest BCUT2D eigenvalue weighted by molar-refractivity contribution is -0.146. The van der Waals surface area contributed by atoms with Gasteiger partial charge in [-0.1, -0.05) is 30.4 Å². The van der Waals surface area contributed by atoms with Gasteiger partial charge in [0.2, 0.25) is 0 Å². The van der Waals surface area contributed by atoms with Gasteiger partial charge in [0.15, 0.2) is 0 Å². The average molecular weight is 449 g/mol. The van der Waals surface area contributed by atoms with E-state index in [0.29, 0.717) is 6.54 Å². The second-order valence-electron chi connectivity index (χ2n) is 10.4. The van der Waals surface area contributed by atoms with Crippen LogP contribution in [-0.2, 0) is 20.7 Å². The Balaban J connectivity index is 1.60. The van der Waals surface area contributed by atoms with Crippen LogP contribution in [0.1, 0.15) is 57.2 Å². The maximum absolute atomic E-state index is 13.1. The number of hydrogen-bond acceptors (Lipinski definition) is 5. The van der Waals surface area contributed by atoms with Crippen molar-refractivity contribution in [1.29, 1.82) is 0 Å². The Labute approximate surface area is 194 Å². The van der Waals surface area contributed by atoms with Crippen molar-refractivity contribution in [3.63, 3.8) is 0 Å². The number of allylic oxidation sites excluding steroid dienone is 2. The Bertz CT molecular complexity index is 1170. The molecule has 2 heterocycles. The maximum atomic E-state index is 13.1. The molecule has 3 unspecified atom stereocenters. The number of benzene rings is 1. The van der Waals surface area contributed by atoms with Crippen LogP contribution >= 0.6 is 0 Å². The molecule has 0 bridgehead atoms. The zero-order valence-corrected chi connectivity index (χ0v) is 19.8. The number of fused-ring (bicyclic) bond motifs is 2. The van der Waals surface area contributed by atoms with Gasteiger partial charge >= 0.3 is 12.1 Å². The van der Waals surface area contributed by atoms with Crippen LogP contribution < -0.4 is 0 Å². The van der Waals surface area contributed by atoms with E-state index >= 15 is 0 Å². The van der Waals surface area contributed by atoms with Crippen LogP contribution in [0.3, 0.4) is 0 Å². The smallest absolute Gasteiger partial charge is 0.419 e. The van der Waals surface area contributed by atoms with Gasteiger partial charge in [-0.05, 0) is 75.1 Å². The molecule has 3 aliphatic rings. The largest absolute Gasteiger partial charge is 0.468 e. The van der Waals surface area contributed by atoms with E-state index in [1.165, 1.54) is 18.2 Å². The predicted molar refractivity (Wildman–Crippen MR) is 127 cm³/mol. The number of hydrogen-bond donors (Lipinski definition) is 0. The molecule has 5 rings (SSSR count). The molecule has 2 aliphatic carbocycles. The number of carbonyl (C=O) groups is 2.